The van der Waals surface area contributed by atoms with Crippen LogP contribution in [0.1, 0.15) is 16.9 Å². The number of anilines is 1. The molecule has 0 aliphatic rings. The van der Waals surface area contributed by atoms with Crippen LogP contribution in [0.25, 0.3) is 0 Å². The van der Waals surface area contributed by atoms with Gasteiger partial charge in [-0.1, -0.05) is 18.2 Å². The highest BCUT2D eigenvalue weighted by atomic mass is 32.2. The maximum atomic E-state index is 14.1. The number of urea groups is 1. The summed E-state index contributed by atoms with van der Waals surface area (Å²) in [4.78, 5) is 13.5. The number of benzene rings is 3. The average Bonchev–Trinajstić information content (AvgIpc) is 3.38. The van der Waals surface area contributed by atoms with Gasteiger partial charge in [-0.25, -0.2) is 13.6 Å². The van der Waals surface area contributed by atoms with Crippen LogP contribution in [0.15, 0.2) is 94.4 Å². The van der Waals surface area contributed by atoms with E-state index >= 15 is 0 Å². The first kappa shape index (κ1) is 27.6. The summed E-state index contributed by atoms with van der Waals surface area (Å²) < 4.78 is 102. The van der Waals surface area contributed by atoms with E-state index in [1.54, 1.807) is 18.2 Å². The fourth-order valence-corrected chi connectivity index (χ4v) is 4.46. The van der Waals surface area contributed by atoms with Gasteiger partial charge in [-0.3, -0.25) is 0 Å². The minimum atomic E-state index is -4.75. The molecule has 0 saturated heterocycles. The maximum Gasteiger partial charge on any atom is 0.416 e. The Morgan fingerprint density at radius 3 is 2.38 bits per heavy atom. The van der Waals surface area contributed by atoms with E-state index in [9.17, 15) is 35.2 Å². The molecule has 1 aromatic heterocycles. The lowest BCUT2D eigenvalue weighted by Gasteiger charge is -2.23. The molecule has 0 saturated carbocycles. The van der Waals surface area contributed by atoms with Gasteiger partial charge in [-0.15, -0.1) is 0 Å². The molecule has 0 unspecified atom stereocenters. The standard InChI is InChI=1S/C26H19F5N2O5S/c27-19-9-10-24(23(28)14-19)32-25(34)33(16-21-7-3-11-37-21)15-17-4-1-6-20(12-17)38-39(35,36)22-8-2-5-18(13-22)26(29,30)31/h1-14H,15-16H2,(H,32,34). The third kappa shape index (κ3) is 7.13. The number of nitrogens with zero attached hydrogens (tertiary/aromatic N) is 1. The average molecular weight is 567 g/mol. The highest BCUT2D eigenvalue weighted by Crippen LogP contribution is 2.31. The van der Waals surface area contributed by atoms with E-state index in [-0.39, 0.29) is 24.5 Å². The number of carbonyl (C=O) groups excluding carboxylic acids is 1. The van der Waals surface area contributed by atoms with Crippen LogP contribution in [0, 0.1) is 11.6 Å². The largest absolute Gasteiger partial charge is 0.467 e. The molecule has 0 spiro atoms. The summed E-state index contributed by atoms with van der Waals surface area (Å²) in [5.74, 6) is -1.65. The van der Waals surface area contributed by atoms with E-state index in [0.717, 1.165) is 30.3 Å². The molecule has 7 nitrogen and oxygen atoms in total. The Morgan fingerprint density at radius 1 is 0.923 bits per heavy atom. The Hall–Kier alpha value is -4.39. The number of alkyl halides is 3. The Kier molecular flexibility index (Phi) is 7.90. The van der Waals surface area contributed by atoms with E-state index in [1.807, 2.05) is 0 Å². The van der Waals surface area contributed by atoms with Gasteiger partial charge in [-0.2, -0.15) is 21.6 Å². The van der Waals surface area contributed by atoms with Gasteiger partial charge < -0.3 is 18.8 Å². The Labute approximate surface area is 219 Å². The predicted octanol–water partition coefficient (Wildman–Crippen LogP) is 6.58. The van der Waals surface area contributed by atoms with Crippen molar-refractivity contribution in [3.05, 3.63) is 114 Å². The van der Waals surface area contributed by atoms with Crippen molar-refractivity contribution in [2.75, 3.05) is 5.32 Å². The molecule has 0 atom stereocenters. The van der Waals surface area contributed by atoms with Crippen molar-refractivity contribution >= 4 is 21.8 Å². The van der Waals surface area contributed by atoms with Crippen LogP contribution < -0.4 is 9.50 Å². The van der Waals surface area contributed by atoms with E-state index in [0.29, 0.717) is 23.5 Å². The van der Waals surface area contributed by atoms with Gasteiger partial charge in [0.2, 0.25) is 0 Å². The smallest absolute Gasteiger partial charge is 0.416 e. The summed E-state index contributed by atoms with van der Waals surface area (Å²) in [7, 11) is -4.63. The highest BCUT2D eigenvalue weighted by molar-refractivity contribution is 7.87. The summed E-state index contributed by atoms with van der Waals surface area (Å²) >= 11 is 0. The Bertz CT molecular complexity index is 1570. The number of hydrogen-bond donors (Lipinski definition) is 1. The molecular weight excluding hydrogens is 547 g/mol. The van der Waals surface area contributed by atoms with Crippen molar-refractivity contribution in [2.24, 2.45) is 0 Å². The number of hydrogen-bond acceptors (Lipinski definition) is 5. The van der Waals surface area contributed by atoms with Crippen molar-refractivity contribution < 1.29 is 43.8 Å². The zero-order chi connectivity index (χ0) is 28.2. The molecule has 4 aromatic rings. The second-order valence-corrected chi connectivity index (χ2v) is 9.75. The summed E-state index contributed by atoms with van der Waals surface area (Å²) in [6.45, 7) is -0.217. The van der Waals surface area contributed by atoms with Gasteiger partial charge in [0.15, 0.2) is 0 Å². The molecule has 2 amide bonds. The molecule has 39 heavy (non-hydrogen) atoms. The van der Waals surface area contributed by atoms with Gasteiger partial charge in [-0.05, 0) is 60.2 Å². The first-order valence-corrected chi connectivity index (χ1v) is 12.6. The normalized spacial score (nSPS) is 11.7. The van der Waals surface area contributed by atoms with Gasteiger partial charge in [0.25, 0.3) is 0 Å². The first-order chi connectivity index (χ1) is 18.4. The number of halogens is 5. The molecule has 0 fully saturated rings. The van der Waals surface area contributed by atoms with Crippen LogP contribution in [0.2, 0.25) is 0 Å². The van der Waals surface area contributed by atoms with Crippen LogP contribution in [0.5, 0.6) is 5.75 Å². The van der Waals surface area contributed by atoms with E-state index in [1.165, 1.54) is 29.4 Å². The fourth-order valence-electron chi connectivity index (χ4n) is 3.49. The van der Waals surface area contributed by atoms with Gasteiger partial charge in [0, 0.05) is 12.6 Å². The molecule has 3 aromatic carbocycles. The first-order valence-electron chi connectivity index (χ1n) is 11.1. The second-order valence-electron chi connectivity index (χ2n) is 8.20. The van der Waals surface area contributed by atoms with Gasteiger partial charge in [0.05, 0.1) is 24.1 Å². The molecular formula is C26H19F5N2O5S. The zero-order valence-electron chi connectivity index (χ0n) is 19.8. The molecule has 0 bridgehead atoms. The molecule has 4 rings (SSSR count). The minimum Gasteiger partial charge on any atom is -0.467 e. The lowest BCUT2D eigenvalue weighted by molar-refractivity contribution is -0.137. The molecule has 1 N–H and O–H groups in total. The van der Waals surface area contributed by atoms with E-state index in [2.05, 4.69) is 5.32 Å². The number of rotatable bonds is 8. The van der Waals surface area contributed by atoms with Crippen molar-refractivity contribution in [1.29, 1.82) is 0 Å². The molecule has 0 radical (unpaired) electrons. The fraction of sp³-hybridized carbons (Fsp3) is 0.115. The van der Waals surface area contributed by atoms with Crippen LogP contribution in [-0.2, 0) is 29.4 Å². The summed E-state index contributed by atoms with van der Waals surface area (Å²) in [5.41, 5.74) is -1.05. The predicted molar refractivity (Wildman–Crippen MR) is 129 cm³/mol. The third-order valence-corrected chi connectivity index (χ3v) is 6.56. The second kappa shape index (κ2) is 11.2. The Morgan fingerprint density at radius 2 is 1.69 bits per heavy atom. The van der Waals surface area contributed by atoms with Crippen molar-refractivity contribution in [3.8, 4) is 5.75 Å². The van der Waals surface area contributed by atoms with E-state index < -0.39 is 44.4 Å². The Balaban J connectivity index is 1.55. The van der Waals surface area contributed by atoms with Crippen LogP contribution >= 0.6 is 0 Å². The van der Waals surface area contributed by atoms with Crippen molar-refractivity contribution in [3.63, 3.8) is 0 Å². The lowest BCUT2D eigenvalue weighted by atomic mass is 10.2. The number of amides is 2. The molecule has 13 heteroatoms. The molecule has 0 aliphatic heterocycles. The maximum absolute atomic E-state index is 14.1. The lowest BCUT2D eigenvalue weighted by Crippen LogP contribution is -2.34. The summed E-state index contributed by atoms with van der Waals surface area (Å²) in [6.07, 6.45) is -3.36. The van der Waals surface area contributed by atoms with Gasteiger partial charge >= 0.3 is 22.3 Å². The topological polar surface area (TPSA) is 88.9 Å². The van der Waals surface area contributed by atoms with Crippen LogP contribution in [0.4, 0.5) is 32.4 Å². The van der Waals surface area contributed by atoms with Gasteiger partial charge in [0.1, 0.15) is 28.0 Å². The highest BCUT2D eigenvalue weighted by Gasteiger charge is 2.32. The molecule has 0 aliphatic carbocycles. The summed E-state index contributed by atoms with van der Waals surface area (Å²) in [5, 5.41) is 2.35. The number of nitrogens with one attached hydrogen (secondary N) is 1. The van der Waals surface area contributed by atoms with Crippen LogP contribution in [-0.4, -0.2) is 19.3 Å². The zero-order valence-corrected chi connectivity index (χ0v) is 20.6. The third-order valence-electron chi connectivity index (χ3n) is 5.31. The van der Waals surface area contributed by atoms with Crippen molar-refractivity contribution in [1.82, 2.24) is 4.90 Å². The van der Waals surface area contributed by atoms with E-state index in [4.69, 9.17) is 8.60 Å². The van der Waals surface area contributed by atoms with Crippen LogP contribution in [0.3, 0.4) is 0 Å². The summed E-state index contributed by atoms with van der Waals surface area (Å²) in [6, 6.07) is 13.7. The SMILES string of the molecule is O=C(Nc1ccc(F)cc1F)N(Cc1cccc(OS(=O)(=O)c2cccc(C(F)(F)F)c2)c1)Cc1ccco1. The number of carbonyl (C=O) groups is 1. The monoisotopic (exact) mass is 566 g/mol. The molecule has 204 valence electrons. The van der Waals surface area contributed by atoms with Crippen molar-refractivity contribution in [2.45, 2.75) is 24.2 Å². The molecule has 1 heterocycles. The quantitative estimate of drug-likeness (QED) is 0.192. The number of furan rings is 1. The minimum absolute atomic E-state index is 0.0741.